The molecule has 2 aromatic rings. The van der Waals surface area contributed by atoms with Gasteiger partial charge in [-0.15, -0.1) is 0 Å². The molecule has 1 aliphatic heterocycles. The van der Waals surface area contributed by atoms with Gasteiger partial charge in [0.25, 0.3) is 5.91 Å². The van der Waals surface area contributed by atoms with E-state index in [0.29, 0.717) is 25.9 Å². The Hall–Kier alpha value is -2.44. The second-order valence-corrected chi connectivity index (χ2v) is 7.90. The zero-order valence-corrected chi connectivity index (χ0v) is 17.3. The number of nitrogens with one attached hydrogen (secondary N) is 1. The van der Waals surface area contributed by atoms with Crippen LogP contribution in [0.1, 0.15) is 30.9 Å². The van der Waals surface area contributed by atoms with Crippen LogP contribution in [0.25, 0.3) is 6.08 Å². The van der Waals surface area contributed by atoms with Crippen molar-refractivity contribution in [3.05, 3.63) is 75.9 Å². The molecule has 1 saturated heterocycles. The van der Waals surface area contributed by atoms with Gasteiger partial charge in [0.15, 0.2) is 0 Å². The fourth-order valence-electron chi connectivity index (χ4n) is 3.36. The van der Waals surface area contributed by atoms with E-state index in [4.69, 9.17) is 0 Å². The quantitative estimate of drug-likeness (QED) is 0.712. The minimum absolute atomic E-state index is 0.239. The number of rotatable bonds is 4. The molecule has 1 heterocycles. The first-order valence-electron chi connectivity index (χ1n) is 9.19. The van der Waals surface area contributed by atoms with Crippen molar-refractivity contribution in [3.8, 4) is 0 Å². The van der Waals surface area contributed by atoms with Crippen molar-refractivity contribution < 1.29 is 14.7 Å². The lowest BCUT2D eigenvalue weighted by Gasteiger charge is -2.38. The Kier molecular flexibility index (Phi) is 6.31. The first kappa shape index (κ1) is 20.3. The van der Waals surface area contributed by atoms with Crippen LogP contribution in [0, 0.1) is 0 Å². The van der Waals surface area contributed by atoms with E-state index in [2.05, 4.69) is 21.2 Å². The molecule has 2 amide bonds. The molecule has 6 heteroatoms. The van der Waals surface area contributed by atoms with Crippen LogP contribution in [-0.4, -0.2) is 34.9 Å². The van der Waals surface area contributed by atoms with Crippen LogP contribution >= 0.6 is 15.9 Å². The van der Waals surface area contributed by atoms with Gasteiger partial charge in [-0.2, -0.15) is 0 Å². The van der Waals surface area contributed by atoms with Gasteiger partial charge in [-0.3, -0.25) is 9.59 Å². The second kappa shape index (κ2) is 8.71. The van der Waals surface area contributed by atoms with E-state index < -0.39 is 5.60 Å². The Morgan fingerprint density at radius 2 is 1.68 bits per heavy atom. The standard InChI is InChI=1S/C22H23BrN2O3/c1-16(26)24-20(15-17-5-3-2-4-6-17)21(27)25-13-11-22(28,12-14-25)18-7-9-19(23)10-8-18/h2-10,15,28H,11-14H2,1H3,(H,24,26)/b20-15-. The minimum atomic E-state index is -0.950. The molecular formula is C22H23BrN2O3. The highest BCUT2D eigenvalue weighted by atomic mass is 79.9. The molecule has 0 aromatic heterocycles. The molecule has 5 nitrogen and oxygen atoms in total. The molecule has 0 unspecified atom stereocenters. The van der Waals surface area contributed by atoms with E-state index in [9.17, 15) is 14.7 Å². The number of halogens is 1. The lowest BCUT2D eigenvalue weighted by molar-refractivity contribution is -0.133. The van der Waals surface area contributed by atoms with Crippen molar-refractivity contribution in [1.82, 2.24) is 10.2 Å². The maximum atomic E-state index is 13.0. The highest BCUT2D eigenvalue weighted by Gasteiger charge is 2.36. The molecule has 146 valence electrons. The van der Waals surface area contributed by atoms with E-state index in [0.717, 1.165) is 15.6 Å². The molecule has 2 aromatic carbocycles. The number of hydrogen-bond acceptors (Lipinski definition) is 3. The number of carbonyl (C=O) groups is 2. The normalized spacial score (nSPS) is 16.5. The summed E-state index contributed by atoms with van der Waals surface area (Å²) in [7, 11) is 0. The molecule has 1 aliphatic rings. The fourth-order valence-corrected chi connectivity index (χ4v) is 3.62. The molecule has 3 rings (SSSR count). The van der Waals surface area contributed by atoms with Crippen molar-refractivity contribution in [1.29, 1.82) is 0 Å². The zero-order chi connectivity index (χ0) is 20.1. The first-order valence-corrected chi connectivity index (χ1v) is 9.99. The van der Waals surface area contributed by atoms with Crippen molar-refractivity contribution in [2.24, 2.45) is 0 Å². The largest absolute Gasteiger partial charge is 0.385 e. The van der Waals surface area contributed by atoms with Crippen LogP contribution in [0.3, 0.4) is 0 Å². The van der Waals surface area contributed by atoms with Crippen molar-refractivity contribution in [2.75, 3.05) is 13.1 Å². The molecule has 28 heavy (non-hydrogen) atoms. The summed E-state index contributed by atoms with van der Waals surface area (Å²) in [4.78, 5) is 26.2. The Balaban J connectivity index is 1.74. The molecule has 0 spiro atoms. The van der Waals surface area contributed by atoms with Gasteiger partial charge in [0.2, 0.25) is 5.91 Å². The average molecular weight is 443 g/mol. The number of amides is 2. The molecule has 0 atom stereocenters. The SMILES string of the molecule is CC(=O)N/C(=C\c1ccccc1)C(=O)N1CCC(O)(c2ccc(Br)cc2)CC1. The predicted molar refractivity (Wildman–Crippen MR) is 112 cm³/mol. The molecule has 1 fully saturated rings. The number of hydrogen-bond donors (Lipinski definition) is 2. The van der Waals surface area contributed by atoms with Crippen LogP contribution in [0.5, 0.6) is 0 Å². The maximum absolute atomic E-state index is 13.0. The lowest BCUT2D eigenvalue weighted by Crippen LogP contribution is -2.47. The zero-order valence-electron chi connectivity index (χ0n) is 15.7. The second-order valence-electron chi connectivity index (χ2n) is 6.98. The van der Waals surface area contributed by atoms with Crippen molar-refractivity contribution >= 4 is 33.8 Å². The van der Waals surface area contributed by atoms with Crippen LogP contribution < -0.4 is 5.32 Å². The number of nitrogens with zero attached hydrogens (tertiary/aromatic N) is 1. The van der Waals surface area contributed by atoms with Gasteiger partial charge in [0.05, 0.1) is 5.60 Å². The van der Waals surface area contributed by atoms with Gasteiger partial charge in [-0.05, 0) is 42.2 Å². The minimum Gasteiger partial charge on any atom is -0.385 e. The number of aliphatic hydroxyl groups is 1. The summed E-state index contributed by atoms with van der Waals surface area (Å²) in [6.07, 6.45) is 2.57. The number of likely N-dealkylation sites (tertiary alicyclic amines) is 1. The summed E-state index contributed by atoms with van der Waals surface area (Å²) in [6, 6.07) is 17.0. The van der Waals surface area contributed by atoms with E-state index in [1.807, 2.05) is 54.6 Å². The third-order valence-electron chi connectivity index (χ3n) is 4.91. The highest BCUT2D eigenvalue weighted by Crippen LogP contribution is 2.33. The summed E-state index contributed by atoms with van der Waals surface area (Å²) < 4.78 is 0.957. The third-order valence-corrected chi connectivity index (χ3v) is 5.44. The molecule has 0 radical (unpaired) electrons. The summed E-state index contributed by atoms with van der Waals surface area (Å²) in [6.45, 7) is 2.21. The first-order chi connectivity index (χ1) is 13.4. The van der Waals surface area contributed by atoms with E-state index >= 15 is 0 Å². The molecule has 0 aliphatic carbocycles. The molecule has 2 N–H and O–H groups in total. The Bertz CT molecular complexity index is 870. The molecular weight excluding hydrogens is 420 g/mol. The molecule has 0 bridgehead atoms. The summed E-state index contributed by atoms with van der Waals surface area (Å²) in [5.41, 5.74) is 0.981. The van der Waals surface area contributed by atoms with Gasteiger partial charge >= 0.3 is 0 Å². The average Bonchev–Trinajstić information content (AvgIpc) is 2.68. The Morgan fingerprint density at radius 3 is 2.25 bits per heavy atom. The smallest absolute Gasteiger partial charge is 0.270 e. The number of benzene rings is 2. The fraction of sp³-hybridized carbons (Fsp3) is 0.273. The van der Waals surface area contributed by atoms with Crippen LogP contribution in [0.2, 0.25) is 0 Å². The third kappa shape index (κ3) is 4.88. The highest BCUT2D eigenvalue weighted by molar-refractivity contribution is 9.10. The predicted octanol–water partition coefficient (Wildman–Crippen LogP) is 3.44. The van der Waals surface area contributed by atoms with E-state index in [1.54, 1.807) is 11.0 Å². The van der Waals surface area contributed by atoms with Crippen LogP contribution in [-0.2, 0) is 15.2 Å². The van der Waals surface area contributed by atoms with Crippen LogP contribution in [0.15, 0.2) is 64.8 Å². The van der Waals surface area contributed by atoms with Gasteiger partial charge in [0, 0.05) is 24.5 Å². The topological polar surface area (TPSA) is 69.6 Å². The summed E-state index contributed by atoms with van der Waals surface area (Å²) in [5, 5.41) is 13.7. The van der Waals surface area contributed by atoms with Gasteiger partial charge in [-0.1, -0.05) is 58.4 Å². The Morgan fingerprint density at radius 1 is 1.07 bits per heavy atom. The Labute approximate surface area is 173 Å². The van der Waals surface area contributed by atoms with E-state index in [-0.39, 0.29) is 17.5 Å². The van der Waals surface area contributed by atoms with Crippen molar-refractivity contribution in [2.45, 2.75) is 25.4 Å². The van der Waals surface area contributed by atoms with Crippen LogP contribution in [0.4, 0.5) is 0 Å². The van der Waals surface area contributed by atoms with Gasteiger partial charge < -0.3 is 15.3 Å². The lowest BCUT2D eigenvalue weighted by atomic mass is 9.84. The summed E-state index contributed by atoms with van der Waals surface area (Å²) >= 11 is 3.40. The van der Waals surface area contributed by atoms with Gasteiger partial charge in [-0.25, -0.2) is 0 Å². The summed E-state index contributed by atoms with van der Waals surface area (Å²) in [5.74, 6) is -0.532. The van der Waals surface area contributed by atoms with Gasteiger partial charge in [0.1, 0.15) is 5.70 Å². The van der Waals surface area contributed by atoms with E-state index in [1.165, 1.54) is 6.92 Å². The molecule has 0 saturated carbocycles. The van der Waals surface area contributed by atoms with Crippen molar-refractivity contribution in [3.63, 3.8) is 0 Å². The maximum Gasteiger partial charge on any atom is 0.270 e. The number of piperidine rings is 1. The number of carbonyl (C=O) groups excluding carboxylic acids is 2. The monoisotopic (exact) mass is 442 g/mol.